The molecule has 1 aliphatic carbocycles. The minimum Gasteiger partial charge on any atom is -0.491 e. The van der Waals surface area contributed by atoms with Crippen molar-refractivity contribution in [3.05, 3.63) is 64.7 Å². The van der Waals surface area contributed by atoms with E-state index in [-0.39, 0.29) is 24.5 Å². The third kappa shape index (κ3) is 4.11. The van der Waals surface area contributed by atoms with E-state index in [4.69, 9.17) is 4.74 Å². The molecule has 0 saturated carbocycles. The highest BCUT2D eigenvalue weighted by molar-refractivity contribution is 6.07. The van der Waals surface area contributed by atoms with Crippen LogP contribution in [0.5, 0.6) is 5.75 Å². The van der Waals surface area contributed by atoms with Crippen molar-refractivity contribution < 1.29 is 19.4 Å². The van der Waals surface area contributed by atoms with E-state index in [1.807, 2.05) is 36.4 Å². The summed E-state index contributed by atoms with van der Waals surface area (Å²) >= 11 is 0. The molecule has 1 fully saturated rings. The first-order chi connectivity index (χ1) is 15.1. The molecular weight excluding hydrogens is 404 g/mol. The molecule has 1 aliphatic heterocycles. The van der Waals surface area contributed by atoms with Gasteiger partial charge in [0, 0.05) is 0 Å². The van der Waals surface area contributed by atoms with Crippen LogP contribution in [0.25, 0.3) is 0 Å². The summed E-state index contributed by atoms with van der Waals surface area (Å²) in [6, 6.07) is 13.2. The molecule has 0 spiro atoms. The zero-order valence-corrected chi connectivity index (χ0v) is 19.3. The number of imide groups is 1. The summed E-state index contributed by atoms with van der Waals surface area (Å²) in [6.07, 6.45) is 2.17. The summed E-state index contributed by atoms with van der Waals surface area (Å²) in [4.78, 5) is 27.0. The summed E-state index contributed by atoms with van der Waals surface area (Å²) in [7, 11) is 0. The van der Waals surface area contributed by atoms with Crippen LogP contribution in [0.2, 0.25) is 0 Å². The number of carbonyl (C=O) groups excluding carboxylic acids is 2. The number of aliphatic hydroxyl groups is 1. The highest BCUT2D eigenvalue weighted by Gasteiger charge is 2.49. The molecule has 2 N–H and O–H groups in total. The highest BCUT2D eigenvalue weighted by atomic mass is 16.5. The Balaban J connectivity index is 1.44. The molecule has 0 aromatic heterocycles. The third-order valence-corrected chi connectivity index (χ3v) is 6.47. The molecule has 3 amide bonds. The Hall–Kier alpha value is -2.86. The second-order valence-corrected chi connectivity index (χ2v) is 10.0. The van der Waals surface area contributed by atoms with E-state index >= 15 is 0 Å². The summed E-state index contributed by atoms with van der Waals surface area (Å²) in [6.45, 7) is 7.88. The number of carbonyl (C=O) groups is 2. The minimum absolute atomic E-state index is 0.0142. The number of aliphatic hydroxyl groups excluding tert-OH is 1. The fourth-order valence-electron chi connectivity index (χ4n) is 4.60. The van der Waals surface area contributed by atoms with Crippen LogP contribution in [-0.4, -0.2) is 41.2 Å². The standard InChI is InChI=1S/C26H32N2O4/c1-25(2,3)21-10-5-6-11-22(21)32-16-20(29)15-28-23(30)26(4,27-24(28)31)19-13-12-17-8-7-9-18(17)14-19/h5-6,10-14,20,29H,7-9,15-16H2,1-4H3,(H,27,31). The molecule has 2 aromatic rings. The number of amides is 3. The Morgan fingerprint density at radius 2 is 1.84 bits per heavy atom. The van der Waals surface area contributed by atoms with Crippen molar-refractivity contribution in [3.63, 3.8) is 0 Å². The average molecular weight is 437 g/mol. The van der Waals surface area contributed by atoms with Gasteiger partial charge in [-0.15, -0.1) is 0 Å². The van der Waals surface area contributed by atoms with Gasteiger partial charge in [0.15, 0.2) is 0 Å². The van der Waals surface area contributed by atoms with Crippen molar-refractivity contribution in [2.24, 2.45) is 0 Å². The predicted molar refractivity (Wildman–Crippen MR) is 123 cm³/mol. The number of hydrogen-bond donors (Lipinski definition) is 2. The lowest BCUT2D eigenvalue weighted by atomic mass is 9.86. The molecule has 6 nitrogen and oxygen atoms in total. The smallest absolute Gasteiger partial charge is 0.325 e. The van der Waals surface area contributed by atoms with Gasteiger partial charge >= 0.3 is 6.03 Å². The molecule has 4 rings (SSSR count). The molecule has 1 saturated heterocycles. The van der Waals surface area contributed by atoms with Gasteiger partial charge in [-0.2, -0.15) is 0 Å². The monoisotopic (exact) mass is 436 g/mol. The van der Waals surface area contributed by atoms with Gasteiger partial charge in [0.2, 0.25) is 0 Å². The molecular formula is C26H32N2O4. The van der Waals surface area contributed by atoms with Gasteiger partial charge < -0.3 is 15.2 Å². The molecule has 2 unspecified atom stereocenters. The summed E-state index contributed by atoms with van der Waals surface area (Å²) in [5.41, 5.74) is 3.14. The number of nitrogens with zero attached hydrogens (tertiary/aromatic N) is 1. The van der Waals surface area contributed by atoms with Crippen LogP contribution in [0.15, 0.2) is 42.5 Å². The van der Waals surface area contributed by atoms with E-state index in [1.165, 1.54) is 11.1 Å². The largest absolute Gasteiger partial charge is 0.491 e. The molecule has 0 bridgehead atoms. The zero-order chi connectivity index (χ0) is 23.1. The minimum atomic E-state index is -1.13. The lowest BCUT2D eigenvalue weighted by Gasteiger charge is -2.25. The molecule has 32 heavy (non-hydrogen) atoms. The van der Waals surface area contributed by atoms with E-state index in [1.54, 1.807) is 6.92 Å². The quantitative estimate of drug-likeness (QED) is 0.677. The number of para-hydroxylation sites is 1. The van der Waals surface area contributed by atoms with Crippen molar-refractivity contribution in [2.75, 3.05) is 13.2 Å². The highest BCUT2D eigenvalue weighted by Crippen LogP contribution is 2.33. The summed E-state index contributed by atoms with van der Waals surface area (Å²) < 4.78 is 5.87. The lowest BCUT2D eigenvalue weighted by molar-refractivity contribution is -0.132. The molecule has 1 heterocycles. The molecule has 2 aliphatic rings. The zero-order valence-electron chi connectivity index (χ0n) is 19.3. The number of rotatable bonds is 6. The van der Waals surface area contributed by atoms with E-state index in [0.717, 1.165) is 35.3 Å². The third-order valence-electron chi connectivity index (χ3n) is 6.47. The van der Waals surface area contributed by atoms with Gasteiger partial charge in [-0.3, -0.25) is 9.69 Å². The van der Waals surface area contributed by atoms with E-state index in [9.17, 15) is 14.7 Å². The van der Waals surface area contributed by atoms with Gasteiger partial charge in [-0.1, -0.05) is 57.2 Å². The van der Waals surface area contributed by atoms with Gasteiger partial charge in [-0.05, 0) is 59.9 Å². The number of nitrogens with one attached hydrogen (secondary N) is 1. The second-order valence-electron chi connectivity index (χ2n) is 10.0. The van der Waals surface area contributed by atoms with Crippen LogP contribution in [0, 0.1) is 0 Å². The van der Waals surface area contributed by atoms with Crippen LogP contribution >= 0.6 is 0 Å². The maximum atomic E-state index is 13.2. The number of benzene rings is 2. The first kappa shape index (κ1) is 22.3. The SMILES string of the molecule is CC(C)(C)c1ccccc1OCC(O)CN1C(=O)NC(C)(c2ccc3c(c2)CCC3)C1=O. The molecule has 6 heteroatoms. The van der Waals surface area contributed by atoms with E-state index < -0.39 is 17.7 Å². The number of urea groups is 1. The number of fused-ring (bicyclic) bond motifs is 1. The number of ether oxygens (including phenoxy) is 1. The molecule has 2 atom stereocenters. The Bertz CT molecular complexity index is 1040. The molecule has 2 aromatic carbocycles. The van der Waals surface area contributed by atoms with Crippen molar-refractivity contribution in [3.8, 4) is 5.75 Å². The Morgan fingerprint density at radius 1 is 1.12 bits per heavy atom. The van der Waals surface area contributed by atoms with Crippen LogP contribution < -0.4 is 10.1 Å². The van der Waals surface area contributed by atoms with Gasteiger partial charge in [-0.25, -0.2) is 4.79 Å². The van der Waals surface area contributed by atoms with Crippen molar-refractivity contribution in [1.82, 2.24) is 10.2 Å². The summed E-state index contributed by atoms with van der Waals surface area (Å²) in [5.74, 6) is 0.341. The maximum absolute atomic E-state index is 13.2. The van der Waals surface area contributed by atoms with Crippen LogP contribution in [-0.2, 0) is 28.6 Å². The Kier molecular flexibility index (Phi) is 5.76. The second kappa shape index (κ2) is 8.24. The fourth-order valence-corrected chi connectivity index (χ4v) is 4.60. The van der Waals surface area contributed by atoms with Gasteiger partial charge in [0.05, 0.1) is 6.54 Å². The van der Waals surface area contributed by atoms with Crippen molar-refractivity contribution >= 4 is 11.9 Å². The van der Waals surface area contributed by atoms with Crippen LogP contribution in [0.4, 0.5) is 4.79 Å². The topological polar surface area (TPSA) is 78.9 Å². The van der Waals surface area contributed by atoms with E-state index in [2.05, 4.69) is 32.2 Å². The lowest BCUT2D eigenvalue weighted by Crippen LogP contribution is -2.43. The average Bonchev–Trinajstić information content (AvgIpc) is 3.30. The van der Waals surface area contributed by atoms with E-state index in [0.29, 0.717) is 5.75 Å². The fraction of sp³-hybridized carbons (Fsp3) is 0.462. The molecule has 170 valence electrons. The first-order valence-corrected chi connectivity index (χ1v) is 11.3. The normalized spacial score (nSPS) is 21.5. The van der Waals surface area contributed by atoms with Crippen LogP contribution in [0.1, 0.15) is 56.4 Å². The van der Waals surface area contributed by atoms with Gasteiger partial charge in [0.25, 0.3) is 5.91 Å². The van der Waals surface area contributed by atoms with Gasteiger partial charge in [0.1, 0.15) is 24.0 Å². The number of β-amino-alcohol motifs (C(OH)–C–C–N with tert-alkyl or cyclic N) is 1. The van der Waals surface area contributed by atoms with Crippen molar-refractivity contribution in [1.29, 1.82) is 0 Å². The number of hydrogen-bond acceptors (Lipinski definition) is 4. The first-order valence-electron chi connectivity index (χ1n) is 11.3. The summed E-state index contributed by atoms with van der Waals surface area (Å²) in [5, 5.41) is 13.4. The van der Waals surface area contributed by atoms with Crippen LogP contribution in [0.3, 0.4) is 0 Å². The molecule has 0 radical (unpaired) electrons. The number of aryl methyl sites for hydroxylation is 2. The maximum Gasteiger partial charge on any atom is 0.325 e. The predicted octanol–water partition coefficient (Wildman–Crippen LogP) is 3.68. The Labute approximate surface area is 189 Å². The van der Waals surface area contributed by atoms with Crippen molar-refractivity contribution in [2.45, 2.75) is 64.0 Å². The Morgan fingerprint density at radius 3 is 2.59 bits per heavy atom.